The molecule has 0 amide bonds. The monoisotopic (exact) mass is 465 g/mol. The average molecular weight is 465 g/mol. The van der Waals surface area contributed by atoms with Crippen LogP contribution < -0.4 is 5.73 Å². The largest absolute Gasteiger partial charge is 0.326 e. The van der Waals surface area contributed by atoms with Crippen LogP contribution in [0.3, 0.4) is 0 Å². The molecule has 0 aliphatic heterocycles. The van der Waals surface area contributed by atoms with Crippen LogP contribution in [0.5, 0.6) is 0 Å². The molecule has 3 heteroatoms. The van der Waals surface area contributed by atoms with Crippen molar-refractivity contribution in [3.63, 3.8) is 0 Å². The molecule has 2 nitrogen and oxygen atoms in total. The Kier molecular flexibility index (Phi) is 3.36. The van der Waals surface area contributed by atoms with Crippen molar-refractivity contribution in [1.29, 1.82) is 0 Å². The first kappa shape index (κ1) is 11.4. The summed E-state index contributed by atoms with van der Waals surface area (Å²) in [6.45, 7) is 2.67. The van der Waals surface area contributed by atoms with Crippen molar-refractivity contribution in [2.45, 2.75) is 13.5 Å². The first-order valence-corrected chi connectivity index (χ1v) is 5.00. The molecule has 16 heavy (non-hydrogen) atoms. The minimum Gasteiger partial charge on any atom is -0.326 e. The molecular weight excluding hydrogens is 451 g/mol. The summed E-state index contributed by atoms with van der Waals surface area (Å²) >= 11 is 0. The third-order valence-corrected chi connectivity index (χ3v) is 2.39. The predicted molar refractivity (Wildman–Crippen MR) is 62.3 cm³/mol. The zero-order valence-electron chi connectivity index (χ0n) is 9.48. The Labute approximate surface area is 89.8 Å². The Morgan fingerprint density at radius 2 is 1.75 bits per heavy atom. The van der Waals surface area contributed by atoms with E-state index in [2.05, 4.69) is 30.1 Å². The van der Waals surface area contributed by atoms with Gasteiger partial charge in [-0.1, -0.05) is 17.7 Å². The van der Waals surface area contributed by atoms with Gasteiger partial charge in [-0.15, -0.1) is 0 Å². The first-order valence-electron chi connectivity index (χ1n) is 5.00. The number of hydrogen-bond acceptors (Lipinski definition) is 2. The molecule has 1 aromatic heterocycles. The van der Waals surface area contributed by atoms with Crippen LogP contribution in [0, 0.1) is 6.92 Å². The van der Waals surface area contributed by atoms with Gasteiger partial charge in [-0.3, -0.25) is 4.98 Å². The molecule has 0 aliphatic carbocycles. The number of rotatable bonds is 2. The SMILES string of the molecule is Cc1cc(CN)cc(-c2ccncc2)c1.[Rf]. The van der Waals surface area contributed by atoms with Gasteiger partial charge in [-0.05, 0) is 41.8 Å². The Hall–Kier alpha value is -2.67. The van der Waals surface area contributed by atoms with Gasteiger partial charge >= 0.3 is 0 Å². The number of pyridine rings is 1. The van der Waals surface area contributed by atoms with Gasteiger partial charge in [-0.2, -0.15) is 0 Å². The fourth-order valence-corrected chi connectivity index (χ4v) is 1.69. The van der Waals surface area contributed by atoms with Crippen molar-refractivity contribution < 1.29 is 0 Å². The van der Waals surface area contributed by atoms with E-state index in [1.807, 2.05) is 12.1 Å². The molecule has 1 aromatic carbocycles. The Morgan fingerprint density at radius 3 is 2.38 bits per heavy atom. The molecular formula is C13H14N2Rf. The van der Waals surface area contributed by atoms with Crippen molar-refractivity contribution in [3.05, 3.63) is 53.9 Å². The molecule has 0 saturated heterocycles. The van der Waals surface area contributed by atoms with Gasteiger partial charge in [0.1, 0.15) is 0 Å². The molecule has 0 radical (unpaired) electrons. The van der Waals surface area contributed by atoms with Crippen LogP contribution in [-0.4, -0.2) is 4.98 Å². The fourth-order valence-electron chi connectivity index (χ4n) is 1.69. The maximum atomic E-state index is 5.65. The molecule has 2 rings (SSSR count). The van der Waals surface area contributed by atoms with Gasteiger partial charge in [0.05, 0.1) is 0 Å². The van der Waals surface area contributed by atoms with Crippen LogP contribution in [0.15, 0.2) is 42.7 Å². The summed E-state index contributed by atoms with van der Waals surface area (Å²) in [4.78, 5) is 4.01. The van der Waals surface area contributed by atoms with Gasteiger partial charge in [0.2, 0.25) is 0 Å². The number of aryl methyl sites for hydroxylation is 1. The van der Waals surface area contributed by atoms with E-state index in [1.165, 1.54) is 22.3 Å². The van der Waals surface area contributed by atoms with Crippen molar-refractivity contribution >= 4 is 0 Å². The van der Waals surface area contributed by atoms with Gasteiger partial charge in [-0.25, -0.2) is 0 Å². The van der Waals surface area contributed by atoms with E-state index in [0.717, 1.165) is 0 Å². The zero-order chi connectivity index (χ0) is 10.7. The summed E-state index contributed by atoms with van der Waals surface area (Å²) in [7, 11) is 0. The number of hydrogen-bond donors (Lipinski definition) is 1. The molecule has 0 bridgehead atoms. The molecule has 0 spiro atoms. The molecule has 0 unspecified atom stereocenters. The molecule has 0 atom stereocenters. The van der Waals surface area contributed by atoms with Crippen LogP contribution >= 0.6 is 0 Å². The second-order valence-corrected chi connectivity index (χ2v) is 3.65. The predicted octanol–water partition coefficient (Wildman–Crippen LogP) is 2.52. The molecule has 0 saturated carbocycles. The maximum Gasteiger partial charge on any atom is 0.0273 e. The smallest absolute Gasteiger partial charge is 0.0273 e. The van der Waals surface area contributed by atoms with Crippen molar-refractivity contribution in [2.75, 3.05) is 0 Å². The fraction of sp³-hybridized carbons (Fsp3) is 0.154. The number of nitrogens with two attached hydrogens (primary N) is 1. The van der Waals surface area contributed by atoms with Gasteiger partial charge < -0.3 is 5.73 Å². The molecule has 78 valence electrons. The second-order valence-electron chi connectivity index (χ2n) is 3.65. The quantitative estimate of drug-likeness (QED) is 0.741. The summed E-state index contributed by atoms with van der Waals surface area (Å²) in [6.07, 6.45) is 3.61. The van der Waals surface area contributed by atoms with E-state index >= 15 is 0 Å². The van der Waals surface area contributed by atoms with Crippen LogP contribution in [0.25, 0.3) is 11.1 Å². The van der Waals surface area contributed by atoms with Gasteiger partial charge in [0.25, 0.3) is 0 Å². The third-order valence-electron chi connectivity index (χ3n) is 2.39. The summed E-state index contributed by atoms with van der Waals surface area (Å²) < 4.78 is 0. The molecule has 2 N–H and O–H groups in total. The van der Waals surface area contributed by atoms with E-state index < -0.39 is 0 Å². The molecule has 0 fully saturated rings. The van der Waals surface area contributed by atoms with Gasteiger partial charge in [0.15, 0.2) is 0 Å². The number of aromatic nitrogens is 1. The van der Waals surface area contributed by atoms with Crippen molar-refractivity contribution in [2.24, 2.45) is 5.73 Å². The summed E-state index contributed by atoms with van der Waals surface area (Å²) in [6, 6.07) is 10.4. The Balaban J connectivity index is 0.00000128. The topological polar surface area (TPSA) is 38.9 Å². The van der Waals surface area contributed by atoms with E-state index in [4.69, 9.17) is 5.73 Å². The summed E-state index contributed by atoms with van der Waals surface area (Å²) in [5.41, 5.74) is 10.5. The second kappa shape index (κ2) is 4.71. The normalized spacial score (nSPS) is 9.62. The maximum absolute atomic E-state index is 5.65. The van der Waals surface area contributed by atoms with Crippen LogP contribution in [0.2, 0.25) is 0 Å². The summed E-state index contributed by atoms with van der Waals surface area (Å²) in [5, 5.41) is 0. The number of benzene rings is 1. The summed E-state index contributed by atoms with van der Waals surface area (Å²) in [5.74, 6) is 0. The third kappa shape index (κ3) is 2.22. The van der Waals surface area contributed by atoms with Crippen LogP contribution in [0.1, 0.15) is 11.1 Å². The number of nitrogens with zero attached hydrogens (tertiary/aromatic N) is 1. The molecule has 1 heterocycles. The first-order chi connectivity index (χ1) is 7.29. The minimum atomic E-state index is 0. The van der Waals surface area contributed by atoms with Crippen molar-refractivity contribution in [1.82, 2.24) is 4.98 Å². The van der Waals surface area contributed by atoms with E-state index in [1.54, 1.807) is 12.4 Å². The average Bonchev–Trinajstić information content (AvgIpc) is 2.29. The van der Waals surface area contributed by atoms with E-state index in [9.17, 15) is 0 Å². The standard InChI is InChI=1S/C13H14N2.Rf/c1-10-6-11(9-14)8-13(7-10)12-2-4-15-5-3-12;/h2-8H,9,14H2,1H3;. The van der Waals surface area contributed by atoms with E-state index in [-0.39, 0.29) is 0 Å². The van der Waals surface area contributed by atoms with Crippen LogP contribution in [0.4, 0.5) is 0 Å². The van der Waals surface area contributed by atoms with Crippen molar-refractivity contribution in [3.8, 4) is 11.1 Å². The Morgan fingerprint density at radius 1 is 1.06 bits per heavy atom. The Bertz CT molecular complexity index is 455. The molecule has 2 aromatic rings. The molecule has 0 aliphatic rings. The minimum absolute atomic E-state index is 0. The van der Waals surface area contributed by atoms with Gasteiger partial charge in [0, 0.05) is 18.9 Å². The van der Waals surface area contributed by atoms with Crippen LogP contribution in [-0.2, 0) is 6.54 Å². The van der Waals surface area contributed by atoms with E-state index in [0.29, 0.717) is 6.54 Å². The zero-order valence-corrected chi connectivity index (χ0v) is 15.9.